The van der Waals surface area contributed by atoms with Crippen LogP contribution >= 0.6 is 0 Å². The van der Waals surface area contributed by atoms with Crippen LogP contribution in [0.15, 0.2) is 0 Å². The van der Waals surface area contributed by atoms with Crippen LogP contribution < -0.4 is 0 Å². The zero-order chi connectivity index (χ0) is 10.8. The molecule has 1 saturated heterocycles. The first kappa shape index (κ1) is 11.5. The van der Waals surface area contributed by atoms with E-state index in [2.05, 4.69) is 4.90 Å². The van der Waals surface area contributed by atoms with Gasteiger partial charge in [-0.05, 0) is 7.05 Å². The molecule has 0 unspecified atom stereocenters. The van der Waals surface area contributed by atoms with Gasteiger partial charge in [0.15, 0.2) is 9.84 Å². The van der Waals surface area contributed by atoms with Crippen molar-refractivity contribution in [2.75, 3.05) is 45.2 Å². The van der Waals surface area contributed by atoms with Crippen LogP contribution in [0.2, 0.25) is 0 Å². The number of piperazine rings is 1. The van der Waals surface area contributed by atoms with E-state index in [0.717, 1.165) is 32.4 Å². The van der Waals surface area contributed by atoms with Crippen molar-refractivity contribution in [3.8, 4) is 0 Å². The number of nitrogens with zero attached hydrogens (tertiary/aromatic N) is 2. The highest BCUT2D eigenvalue weighted by molar-refractivity contribution is 7.91. The molecule has 82 valence electrons. The van der Waals surface area contributed by atoms with E-state index in [1.54, 1.807) is 0 Å². The van der Waals surface area contributed by atoms with Gasteiger partial charge in [-0.3, -0.25) is 5.41 Å². The highest BCUT2D eigenvalue weighted by atomic mass is 32.2. The van der Waals surface area contributed by atoms with Crippen LogP contribution in [0.3, 0.4) is 0 Å². The lowest BCUT2D eigenvalue weighted by atomic mass is 10.3. The molecule has 0 amide bonds. The Morgan fingerprint density at radius 1 is 1.29 bits per heavy atom. The van der Waals surface area contributed by atoms with E-state index in [4.69, 9.17) is 5.41 Å². The lowest BCUT2D eigenvalue weighted by Gasteiger charge is -2.33. The van der Waals surface area contributed by atoms with Crippen molar-refractivity contribution < 1.29 is 8.42 Å². The van der Waals surface area contributed by atoms with E-state index in [-0.39, 0.29) is 11.6 Å². The highest BCUT2D eigenvalue weighted by Gasteiger charge is 2.18. The summed E-state index contributed by atoms with van der Waals surface area (Å²) in [6, 6.07) is 0. The second-order valence-electron chi connectivity index (χ2n) is 3.81. The fourth-order valence-corrected chi connectivity index (χ4v) is 2.10. The summed E-state index contributed by atoms with van der Waals surface area (Å²) in [5, 5.41) is 7.63. The molecule has 0 aromatic rings. The summed E-state index contributed by atoms with van der Waals surface area (Å²) in [4.78, 5) is 4.01. The second kappa shape index (κ2) is 4.27. The first-order valence-electron chi connectivity index (χ1n) is 4.57. The third kappa shape index (κ3) is 3.63. The summed E-state index contributed by atoms with van der Waals surface area (Å²) in [5.41, 5.74) is 0. The summed E-state index contributed by atoms with van der Waals surface area (Å²) in [6.45, 7) is 3.30. The Morgan fingerprint density at radius 2 is 1.79 bits per heavy atom. The van der Waals surface area contributed by atoms with Crippen LogP contribution in [-0.4, -0.2) is 69.3 Å². The molecule has 0 spiro atoms. The fraction of sp³-hybridized carbons (Fsp3) is 0.875. The Bertz CT molecular complexity index is 305. The number of amidine groups is 1. The zero-order valence-corrected chi connectivity index (χ0v) is 9.47. The predicted molar refractivity (Wildman–Crippen MR) is 56.5 cm³/mol. The van der Waals surface area contributed by atoms with Gasteiger partial charge in [-0.15, -0.1) is 0 Å². The summed E-state index contributed by atoms with van der Waals surface area (Å²) in [5.74, 6) is 0.0806. The number of hydrogen-bond acceptors (Lipinski definition) is 4. The minimum Gasteiger partial charge on any atom is -0.357 e. The maximum absolute atomic E-state index is 11.0. The standard InChI is InChI=1S/C8H17N3O2S/c1-10-3-5-11(6-4-10)8(9)7-14(2,12)13/h9H,3-7H2,1-2H3. The van der Waals surface area contributed by atoms with E-state index in [9.17, 15) is 8.42 Å². The molecule has 1 aliphatic heterocycles. The van der Waals surface area contributed by atoms with Crippen molar-refractivity contribution in [1.82, 2.24) is 9.80 Å². The molecule has 1 heterocycles. The summed E-state index contributed by atoms with van der Waals surface area (Å²) in [6.07, 6.45) is 1.16. The minimum atomic E-state index is -3.07. The molecule has 0 atom stereocenters. The van der Waals surface area contributed by atoms with E-state index in [1.165, 1.54) is 0 Å². The monoisotopic (exact) mass is 219 g/mol. The maximum atomic E-state index is 11.0. The van der Waals surface area contributed by atoms with Crippen molar-refractivity contribution in [3.05, 3.63) is 0 Å². The molecule has 0 radical (unpaired) electrons. The molecule has 1 rings (SSSR count). The van der Waals surface area contributed by atoms with E-state index < -0.39 is 9.84 Å². The molecule has 1 aliphatic rings. The number of sulfone groups is 1. The Kier molecular flexibility index (Phi) is 3.49. The average molecular weight is 219 g/mol. The first-order chi connectivity index (χ1) is 6.38. The minimum absolute atomic E-state index is 0.142. The van der Waals surface area contributed by atoms with Gasteiger partial charge in [0.25, 0.3) is 0 Å². The van der Waals surface area contributed by atoms with E-state index in [1.807, 2.05) is 11.9 Å². The molecule has 1 N–H and O–H groups in total. The summed E-state index contributed by atoms with van der Waals surface area (Å²) < 4.78 is 21.9. The number of rotatable bonds is 2. The molecule has 0 bridgehead atoms. The predicted octanol–water partition coefficient (Wildman–Crippen LogP) is -0.744. The zero-order valence-electron chi connectivity index (χ0n) is 8.65. The van der Waals surface area contributed by atoms with E-state index >= 15 is 0 Å². The molecular formula is C8H17N3O2S. The third-order valence-corrected chi connectivity index (χ3v) is 3.08. The quantitative estimate of drug-likeness (QED) is 0.490. The Hall–Kier alpha value is -0.620. The van der Waals surface area contributed by atoms with Crippen LogP contribution in [0.1, 0.15) is 0 Å². The van der Waals surface area contributed by atoms with Gasteiger partial charge in [-0.25, -0.2) is 8.42 Å². The summed E-state index contributed by atoms with van der Waals surface area (Å²) >= 11 is 0. The van der Waals surface area contributed by atoms with Crippen LogP contribution in [0, 0.1) is 5.41 Å². The van der Waals surface area contributed by atoms with Gasteiger partial charge in [-0.2, -0.15) is 0 Å². The van der Waals surface area contributed by atoms with Gasteiger partial charge in [0.05, 0.1) is 0 Å². The number of hydrogen-bond donors (Lipinski definition) is 1. The molecule has 0 aromatic heterocycles. The molecule has 0 saturated carbocycles. The largest absolute Gasteiger partial charge is 0.357 e. The third-order valence-electron chi connectivity index (χ3n) is 2.28. The average Bonchev–Trinajstić information content (AvgIpc) is 2.02. The van der Waals surface area contributed by atoms with Crippen molar-refractivity contribution in [1.29, 1.82) is 5.41 Å². The maximum Gasteiger partial charge on any atom is 0.154 e. The highest BCUT2D eigenvalue weighted by Crippen LogP contribution is 2.01. The van der Waals surface area contributed by atoms with Crippen LogP contribution in [0.4, 0.5) is 0 Å². The SMILES string of the molecule is CN1CCN(C(=N)CS(C)(=O)=O)CC1. The molecule has 5 nitrogen and oxygen atoms in total. The second-order valence-corrected chi connectivity index (χ2v) is 5.95. The van der Waals surface area contributed by atoms with Crippen molar-refractivity contribution in [2.45, 2.75) is 0 Å². The molecule has 6 heteroatoms. The fourth-order valence-electron chi connectivity index (χ4n) is 1.42. The van der Waals surface area contributed by atoms with Crippen molar-refractivity contribution in [3.63, 3.8) is 0 Å². The Labute approximate surface area is 85.1 Å². The molecule has 0 aromatic carbocycles. The number of nitrogens with one attached hydrogen (secondary N) is 1. The molecule has 1 fully saturated rings. The van der Waals surface area contributed by atoms with Crippen LogP contribution in [-0.2, 0) is 9.84 Å². The van der Waals surface area contributed by atoms with E-state index in [0.29, 0.717) is 0 Å². The molecule has 14 heavy (non-hydrogen) atoms. The molecular weight excluding hydrogens is 202 g/mol. The van der Waals surface area contributed by atoms with Gasteiger partial charge >= 0.3 is 0 Å². The topological polar surface area (TPSA) is 64.5 Å². The summed E-state index contributed by atoms with van der Waals surface area (Å²) in [7, 11) is -1.04. The Morgan fingerprint density at radius 3 is 2.21 bits per heavy atom. The van der Waals surface area contributed by atoms with Crippen LogP contribution in [0.25, 0.3) is 0 Å². The van der Waals surface area contributed by atoms with Gasteiger partial charge < -0.3 is 9.80 Å². The van der Waals surface area contributed by atoms with Gasteiger partial charge in [0.2, 0.25) is 0 Å². The van der Waals surface area contributed by atoms with Crippen LogP contribution in [0.5, 0.6) is 0 Å². The van der Waals surface area contributed by atoms with Gasteiger partial charge in [0, 0.05) is 32.4 Å². The Balaban J connectivity index is 2.46. The normalized spacial score (nSPS) is 19.7. The van der Waals surface area contributed by atoms with Crippen molar-refractivity contribution >= 4 is 15.7 Å². The van der Waals surface area contributed by atoms with Crippen molar-refractivity contribution in [2.24, 2.45) is 0 Å². The smallest absolute Gasteiger partial charge is 0.154 e. The lowest BCUT2D eigenvalue weighted by molar-refractivity contribution is 0.214. The first-order valence-corrected chi connectivity index (χ1v) is 6.63. The van der Waals surface area contributed by atoms with Gasteiger partial charge in [-0.1, -0.05) is 0 Å². The molecule has 0 aliphatic carbocycles. The lowest BCUT2D eigenvalue weighted by Crippen LogP contribution is -2.48. The van der Waals surface area contributed by atoms with Gasteiger partial charge in [0.1, 0.15) is 11.6 Å². The number of likely N-dealkylation sites (N-methyl/N-ethyl adjacent to an activating group) is 1.